The molecule has 1 aromatic rings. The summed E-state index contributed by atoms with van der Waals surface area (Å²) in [6, 6.07) is 3.93. The van der Waals surface area contributed by atoms with Crippen LogP contribution in [-0.2, 0) is 9.53 Å². The summed E-state index contributed by atoms with van der Waals surface area (Å²) in [6.07, 6.45) is 1.83. The van der Waals surface area contributed by atoms with Crippen LogP contribution in [0.15, 0.2) is 16.5 Å². The molecule has 0 saturated carbocycles. The van der Waals surface area contributed by atoms with Crippen LogP contribution >= 0.6 is 0 Å². The summed E-state index contributed by atoms with van der Waals surface area (Å²) in [5.41, 5.74) is 0. The van der Waals surface area contributed by atoms with E-state index in [4.69, 9.17) is 9.15 Å². The number of likely N-dealkylation sites (tertiary alicyclic amines) is 1. The van der Waals surface area contributed by atoms with E-state index >= 15 is 0 Å². The monoisotopic (exact) mass is 337 g/mol. The fourth-order valence-corrected chi connectivity index (χ4v) is 2.88. The first-order chi connectivity index (χ1) is 11.5. The summed E-state index contributed by atoms with van der Waals surface area (Å²) in [7, 11) is 1.55. The third-order valence-electron chi connectivity index (χ3n) is 4.12. The molecule has 7 heteroatoms. The summed E-state index contributed by atoms with van der Waals surface area (Å²) in [5.74, 6) is 1.52. The lowest BCUT2D eigenvalue weighted by atomic mass is 10.2. The molecule has 1 fully saturated rings. The number of ether oxygens (including phenoxy) is 1. The van der Waals surface area contributed by atoms with Gasteiger partial charge in [-0.15, -0.1) is 0 Å². The maximum atomic E-state index is 12.1. The van der Waals surface area contributed by atoms with Crippen molar-refractivity contribution in [1.82, 2.24) is 15.1 Å². The SMILES string of the molecule is CCOC(=O)N(C)CC(=O)NC[C@H](c1ccc(C)o1)N1CCCC1. The molecule has 0 aromatic carbocycles. The number of amides is 2. The Kier molecular flexibility index (Phi) is 6.66. The Morgan fingerprint density at radius 1 is 1.38 bits per heavy atom. The molecule has 1 aliphatic heterocycles. The van der Waals surface area contributed by atoms with Gasteiger partial charge in [0.25, 0.3) is 0 Å². The minimum Gasteiger partial charge on any atom is -0.465 e. The Balaban J connectivity index is 1.90. The molecule has 1 aliphatic rings. The minimum atomic E-state index is -0.495. The normalized spacial score (nSPS) is 16.0. The molecule has 2 amide bonds. The summed E-state index contributed by atoms with van der Waals surface area (Å²) in [6.45, 7) is 6.38. The molecule has 2 rings (SSSR count). The molecule has 1 atom stereocenters. The van der Waals surface area contributed by atoms with Crippen molar-refractivity contribution >= 4 is 12.0 Å². The number of furan rings is 1. The fraction of sp³-hybridized carbons (Fsp3) is 0.647. The van der Waals surface area contributed by atoms with Gasteiger partial charge in [-0.25, -0.2) is 4.79 Å². The van der Waals surface area contributed by atoms with Crippen LogP contribution in [0.2, 0.25) is 0 Å². The van der Waals surface area contributed by atoms with E-state index in [1.165, 1.54) is 4.90 Å². The van der Waals surface area contributed by atoms with Crippen LogP contribution in [0.5, 0.6) is 0 Å². The van der Waals surface area contributed by atoms with Crippen molar-refractivity contribution < 1.29 is 18.7 Å². The van der Waals surface area contributed by atoms with Crippen molar-refractivity contribution in [3.63, 3.8) is 0 Å². The number of hydrogen-bond acceptors (Lipinski definition) is 5. The van der Waals surface area contributed by atoms with Crippen LogP contribution in [0, 0.1) is 6.92 Å². The summed E-state index contributed by atoms with van der Waals surface area (Å²) < 4.78 is 10.6. The molecular weight excluding hydrogens is 310 g/mol. The van der Waals surface area contributed by atoms with Crippen molar-refractivity contribution in [3.05, 3.63) is 23.7 Å². The van der Waals surface area contributed by atoms with Gasteiger partial charge in [0.15, 0.2) is 0 Å². The minimum absolute atomic E-state index is 0.0251. The second kappa shape index (κ2) is 8.73. The lowest BCUT2D eigenvalue weighted by Gasteiger charge is -2.26. The molecule has 2 heterocycles. The Morgan fingerprint density at radius 3 is 2.67 bits per heavy atom. The second-order valence-corrected chi connectivity index (χ2v) is 6.07. The van der Waals surface area contributed by atoms with E-state index in [0.29, 0.717) is 13.2 Å². The average Bonchev–Trinajstić information content (AvgIpc) is 3.20. The second-order valence-electron chi connectivity index (χ2n) is 6.07. The van der Waals surface area contributed by atoms with Crippen LogP contribution in [0.3, 0.4) is 0 Å². The quantitative estimate of drug-likeness (QED) is 0.823. The lowest BCUT2D eigenvalue weighted by Crippen LogP contribution is -2.42. The molecule has 24 heavy (non-hydrogen) atoms. The molecular formula is C17H27N3O4. The first-order valence-electron chi connectivity index (χ1n) is 8.46. The molecule has 1 saturated heterocycles. The first kappa shape index (κ1) is 18.3. The van der Waals surface area contributed by atoms with E-state index < -0.39 is 6.09 Å². The van der Waals surface area contributed by atoms with Crippen LogP contribution in [0.1, 0.15) is 37.3 Å². The number of carbonyl (C=O) groups excluding carboxylic acids is 2. The van der Waals surface area contributed by atoms with E-state index in [2.05, 4.69) is 10.2 Å². The van der Waals surface area contributed by atoms with Gasteiger partial charge in [0.1, 0.15) is 18.1 Å². The Hall–Kier alpha value is -2.02. The van der Waals surface area contributed by atoms with Gasteiger partial charge >= 0.3 is 6.09 Å². The molecule has 1 aromatic heterocycles. The van der Waals surface area contributed by atoms with Crippen molar-refractivity contribution in [2.75, 3.05) is 39.8 Å². The topological polar surface area (TPSA) is 75.0 Å². The molecule has 134 valence electrons. The molecule has 0 spiro atoms. The summed E-state index contributed by atoms with van der Waals surface area (Å²) in [4.78, 5) is 27.3. The lowest BCUT2D eigenvalue weighted by molar-refractivity contribution is -0.122. The summed E-state index contributed by atoms with van der Waals surface area (Å²) in [5, 5.41) is 2.91. The first-order valence-corrected chi connectivity index (χ1v) is 8.46. The van der Waals surface area contributed by atoms with Crippen LogP contribution in [-0.4, -0.2) is 61.6 Å². The van der Waals surface area contributed by atoms with E-state index in [-0.39, 0.29) is 18.5 Å². The predicted octanol–water partition coefficient (Wildman–Crippen LogP) is 1.93. The molecule has 0 radical (unpaired) electrons. The molecule has 0 bridgehead atoms. The molecule has 7 nitrogen and oxygen atoms in total. The van der Waals surface area contributed by atoms with Crippen molar-refractivity contribution in [2.45, 2.75) is 32.7 Å². The van der Waals surface area contributed by atoms with E-state index in [0.717, 1.165) is 37.5 Å². The van der Waals surface area contributed by atoms with Crippen LogP contribution in [0.4, 0.5) is 4.79 Å². The van der Waals surface area contributed by atoms with Gasteiger partial charge in [-0.2, -0.15) is 0 Å². The highest BCUT2D eigenvalue weighted by Gasteiger charge is 2.26. The van der Waals surface area contributed by atoms with Crippen LogP contribution in [0.25, 0.3) is 0 Å². The molecule has 1 N–H and O–H groups in total. The highest BCUT2D eigenvalue weighted by Crippen LogP contribution is 2.26. The van der Waals surface area contributed by atoms with Gasteiger partial charge in [0, 0.05) is 13.6 Å². The van der Waals surface area contributed by atoms with Gasteiger partial charge in [-0.3, -0.25) is 9.69 Å². The van der Waals surface area contributed by atoms with Gasteiger partial charge in [-0.05, 0) is 51.9 Å². The maximum Gasteiger partial charge on any atom is 0.409 e. The van der Waals surface area contributed by atoms with Gasteiger partial charge in [0.05, 0.1) is 12.6 Å². The number of nitrogens with zero attached hydrogens (tertiary/aromatic N) is 2. The maximum absolute atomic E-state index is 12.1. The Labute approximate surface area is 142 Å². The largest absolute Gasteiger partial charge is 0.465 e. The van der Waals surface area contributed by atoms with E-state index in [1.807, 2.05) is 19.1 Å². The Bertz CT molecular complexity index is 552. The summed E-state index contributed by atoms with van der Waals surface area (Å²) >= 11 is 0. The smallest absolute Gasteiger partial charge is 0.409 e. The number of aryl methyl sites for hydroxylation is 1. The third kappa shape index (κ3) is 4.99. The van der Waals surface area contributed by atoms with Crippen molar-refractivity contribution in [2.24, 2.45) is 0 Å². The molecule has 0 unspecified atom stereocenters. The number of hydrogen-bond donors (Lipinski definition) is 1. The van der Waals surface area contributed by atoms with Crippen molar-refractivity contribution in [1.29, 1.82) is 0 Å². The predicted molar refractivity (Wildman–Crippen MR) is 89.7 cm³/mol. The molecule has 0 aliphatic carbocycles. The standard InChI is InChI=1S/C17H27N3O4/c1-4-23-17(22)19(3)12-16(21)18-11-14(20-9-5-6-10-20)15-8-7-13(2)24-15/h7-8,14H,4-6,9-12H2,1-3H3,(H,18,21)/t14-/m1/s1. The highest BCUT2D eigenvalue weighted by atomic mass is 16.6. The highest BCUT2D eigenvalue weighted by molar-refractivity contribution is 5.82. The Morgan fingerprint density at radius 2 is 2.08 bits per heavy atom. The van der Waals surface area contributed by atoms with Gasteiger partial charge in [0.2, 0.25) is 5.91 Å². The van der Waals surface area contributed by atoms with Crippen molar-refractivity contribution in [3.8, 4) is 0 Å². The van der Waals surface area contributed by atoms with Crippen LogP contribution < -0.4 is 5.32 Å². The zero-order valence-corrected chi connectivity index (χ0v) is 14.7. The average molecular weight is 337 g/mol. The zero-order valence-electron chi connectivity index (χ0n) is 14.7. The number of rotatable bonds is 7. The van der Waals surface area contributed by atoms with Gasteiger partial charge < -0.3 is 19.4 Å². The number of nitrogens with one attached hydrogen (secondary N) is 1. The number of carbonyl (C=O) groups is 2. The van der Waals surface area contributed by atoms with Gasteiger partial charge in [-0.1, -0.05) is 0 Å². The third-order valence-corrected chi connectivity index (χ3v) is 4.12. The zero-order chi connectivity index (χ0) is 17.5. The van der Waals surface area contributed by atoms with E-state index in [9.17, 15) is 9.59 Å². The fourth-order valence-electron chi connectivity index (χ4n) is 2.88. The number of likely N-dealkylation sites (N-methyl/N-ethyl adjacent to an activating group) is 1. The van der Waals surface area contributed by atoms with E-state index in [1.54, 1.807) is 14.0 Å².